The Hall–Kier alpha value is -2.54. The molecule has 0 saturated heterocycles. The molecule has 0 radical (unpaired) electrons. The normalized spacial score (nSPS) is 14.5. The van der Waals surface area contributed by atoms with Crippen molar-refractivity contribution in [1.82, 2.24) is 10.6 Å². The van der Waals surface area contributed by atoms with E-state index < -0.39 is 23.5 Å². The molecule has 2 amide bonds. The number of carbonyl (C=O) groups excluding carboxylic acids is 1. The molecule has 1 heterocycles. The highest BCUT2D eigenvalue weighted by Crippen LogP contribution is 2.27. The van der Waals surface area contributed by atoms with Crippen LogP contribution in [0.2, 0.25) is 0 Å². The van der Waals surface area contributed by atoms with Crippen molar-refractivity contribution in [3.8, 4) is 5.75 Å². The number of halogens is 1. The molecule has 2 unspecified atom stereocenters. The highest BCUT2D eigenvalue weighted by atomic mass is 19.1. The molecule has 1 aromatic carbocycles. The predicted octanol–water partition coefficient (Wildman–Crippen LogP) is 2.70. The number of carbonyl (C=O) groups is 1. The Morgan fingerprint density at radius 3 is 2.79 bits per heavy atom. The standard InChI is InChI=1S/C17H21FN2O4/c1-11(15-12(18)6-4-7-13(15)23-3)20-16(21)19-10-17(2,22)14-8-5-9-24-14/h4-9,11,22H,10H2,1-3H3,(H2,19,20,21). The fourth-order valence-electron chi connectivity index (χ4n) is 2.36. The molecule has 7 heteroatoms. The van der Waals surface area contributed by atoms with E-state index in [1.165, 1.54) is 32.4 Å². The Labute approximate surface area is 139 Å². The van der Waals surface area contributed by atoms with E-state index in [1.54, 1.807) is 25.1 Å². The van der Waals surface area contributed by atoms with E-state index in [4.69, 9.17) is 9.15 Å². The largest absolute Gasteiger partial charge is 0.496 e. The molecular weight excluding hydrogens is 315 g/mol. The lowest BCUT2D eigenvalue weighted by Crippen LogP contribution is -2.44. The van der Waals surface area contributed by atoms with Crippen molar-refractivity contribution < 1.29 is 23.4 Å². The first-order chi connectivity index (χ1) is 11.3. The zero-order chi connectivity index (χ0) is 17.7. The summed E-state index contributed by atoms with van der Waals surface area (Å²) in [6.45, 7) is 3.11. The van der Waals surface area contributed by atoms with Crippen molar-refractivity contribution in [2.45, 2.75) is 25.5 Å². The topological polar surface area (TPSA) is 83.7 Å². The fourth-order valence-corrected chi connectivity index (χ4v) is 2.36. The molecule has 2 rings (SSSR count). The van der Waals surface area contributed by atoms with E-state index >= 15 is 0 Å². The minimum Gasteiger partial charge on any atom is -0.496 e. The van der Waals surface area contributed by atoms with Crippen molar-refractivity contribution >= 4 is 6.03 Å². The lowest BCUT2D eigenvalue weighted by molar-refractivity contribution is 0.0366. The van der Waals surface area contributed by atoms with Gasteiger partial charge in [0.2, 0.25) is 0 Å². The number of aliphatic hydroxyl groups is 1. The molecule has 0 spiro atoms. The number of hydrogen-bond donors (Lipinski definition) is 3. The van der Waals surface area contributed by atoms with Gasteiger partial charge in [0, 0.05) is 0 Å². The lowest BCUT2D eigenvalue weighted by atomic mass is 10.0. The maximum absolute atomic E-state index is 14.0. The number of methoxy groups -OCH3 is 1. The predicted molar refractivity (Wildman–Crippen MR) is 86.2 cm³/mol. The van der Waals surface area contributed by atoms with Gasteiger partial charge in [-0.1, -0.05) is 6.07 Å². The first kappa shape index (κ1) is 17.8. The van der Waals surface area contributed by atoms with Crippen molar-refractivity contribution in [1.29, 1.82) is 0 Å². The van der Waals surface area contributed by atoms with E-state index in [2.05, 4.69) is 10.6 Å². The third kappa shape index (κ3) is 4.05. The Morgan fingerprint density at radius 1 is 1.42 bits per heavy atom. The van der Waals surface area contributed by atoms with Crippen molar-refractivity contribution in [3.63, 3.8) is 0 Å². The van der Waals surface area contributed by atoms with E-state index in [-0.39, 0.29) is 12.1 Å². The molecule has 0 saturated carbocycles. The monoisotopic (exact) mass is 336 g/mol. The number of ether oxygens (including phenoxy) is 1. The van der Waals surface area contributed by atoms with Crippen LogP contribution < -0.4 is 15.4 Å². The third-order valence-electron chi connectivity index (χ3n) is 3.66. The number of amides is 2. The van der Waals surface area contributed by atoms with Crippen molar-refractivity contribution in [2.75, 3.05) is 13.7 Å². The summed E-state index contributed by atoms with van der Waals surface area (Å²) >= 11 is 0. The number of nitrogens with one attached hydrogen (secondary N) is 2. The van der Waals surface area contributed by atoms with Crippen LogP contribution in [0, 0.1) is 5.82 Å². The minimum atomic E-state index is -1.35. The average Bonchev–Trinajstić information content (AvgIpc) is 3.08. The summed E-state index contributed by atoms with van der Waals surface area (Å²) in [5, 5.41) is 15.4. The fraction of sp³-hybridized carbons (Fsp3) is 0.353. The van der Waals surface area contributed by atoms with Crippen LogP contribution in [0.5, 0.6) is 5.75 Å². The van der Waals surface area contributed by atoms with E-state index in [0.29, 0.717) is 11.5 Å². The van der Waals surface area contributed by atoms with Gasteiger partial charge in [-0.25, -0.2) is 9.18 Å². The third-order valence-corrected chi connectivity index (χ3v) is 3.66. The number of hydrogen-bond acceptors (Lipinski definition) is 4. The highest BCUT2D eigenvalue weighted by molar-refractivity contribution is 5.74. The molecule has 0 aliphatic heterocycles. The quantitative estimate of drug-likeness (QED) is 0.757. The molecule has 0 fully saturated rings. The number of benzene rings is 1. The van der Waals surface area contributed by atoms with Crippen LogP contribution in [0.25, 0.3) is 0 Å². The van der Waals surface area contributed by atoms with Crippen molar-refractivity contribution in [2.24, 2.45) is 0 Å². The van der Waals surface area contributed by atoms with Gasteiger partial charge in [-0.05, 0) is 38.1 Å². The van der Waals surface area contributed by atoms with E-state index in [1.807, 2.05) is 0 Å². The second kappa shape index (κ2) is 7.35. The van der Waals surface area contributed by atoms with Crippen LogP contribution in [0.1, 0.15) is 31.2 Å². The highest BCUT2D eigenvalue weighted by Gasteiger charge is 2.27. The second-order valence-corrected chi connectivity index (χ2v) is 5.66. The van der Waals surface area contributed by atoms with Crippen LogP contribution in [0.3, 0.4) is 0 Å². The molecular formula is C17H21FN2O4. The Bertz CT molecular complexity index is 686. The molecule has 2 atom stereocenters. The van der Waals surface area contributed by atoms with Gasteiger partial charge in [0.1, 0.15) is 22.9 Å². The first-order valence-corrected chi connectivity index (χ1v) is 7.48. The van der Waals surface area contributed by atoms with Gasteiger partial charge in [0.25, 0.3) is 0 Å². The summed E-state index contributed by atoms with van der Waals surface area (Å²) in [4.78, 5) is 12.0. The van der Waals surface area contributed by atoms with Gasteiger partial charge in [0.05, 0.1) is 31.5 Å². The van der Waals surface area contributed by atoms with Crippen LogP contribution in [0.4, 0.5) is 9.18 Å². The van der Waals surface area contributed by atoms with Gasteiger partial charge < -0.3 is 24.9 Å². The van der Waals surface area contributed by atoms with Gasteiger partial charge in [-0.15, -0.1) is 0 Å². The summed E-state index contributed by atoms with van der Waals surface area (Å²) in [7, 11) is 1.44. The molecule has 1 aromatic heterocycles. The molecule has 0 bridgehead atoms. The Kier molecular flexibility index (Phi) is 5.46. The molecule has 0 aliphatic rings. The van der Waals surface area contributed by atoms with Gasteiger partial charge in [0.15, 0.2) is 0 Å². The summed E-state index contributed by atoms with van der Waals surface area (Å²) in [5.74, 6) is 0.224. The van der Waals surface area contributed by atoms with Gasteiger partial charge in [-0.3, -0.25) is 0 Å². The van der Waals surface area contributed by atoms with Gasteiger partial charge >= 0.3 is 6.03 Å². The van der Waals surface area contributed by atoms with E-state index in [0.717, 1.165) is 0 Å². The molecule has 0 aliphatic carbocycles. The van der Waals surface area contributed by atoms with Crippen LogP contribution in [0.15, 0.2) is 41.0 Å². The Balaban J connectivity index is 1.98. The number of urea groups is 1. The number of furan rings is 1. The smallest absolute Gasteiger partial charge is 0.315 e. The maximum atomic E-state index is 14.0. The molecule has 6 nitrogen and oxygen atoms in total. The minimum absolute atomic E-state index is 0.0620. The average molecular weight is 336 g/mol. The van der Waals surface area contributed by atoms with Gasteiger partial charge in [-0.2, -0.15) is 0 Å². The van der Waals surface area contributed by atoms with Crippen LogP contribution >= 0.6 is 0 Å². The van der Waals surface area contributed by atoms with E-state index in [9.17, 15) is 14.3 Å². The zero-order valence-corrected chi connectivity index (χ0v) is 13.8. The zero-order valence-electron chi connectivity index (χ0n) is 13.8. The molecule has 2 aromatic rings. The summed E-state index contributed by atoms with van der Waals surface area (Å²) in [6, 6.07) is 6.56. The number of rotatable bonds is 6. The van der Waals surface area contributed by atoms with Crippen LogP contribution in [-0.4, -0.2) is 24.8 Å². The second-order valence-electron chi connectivity index (χ2n) is 5.66. The summed E-state index contributed by atoms with van der Waals surface area (Å²) in [5.41, 5.74) is -1.09. The van der Waals surface area contributed by atoms with Crippen molar-refractivity contribution in [3.05, 3.63) is 53.7 Å². The molecule has 24 heavy (non-hydrogen) atoms. The SMILES string of the molecule is COc1cccc(F)c1C(C)NC(=O)NCC(C)(O)c1ccco1. The molecule has 3 N–H and O–H groups in total. The summed E-state index contributed by atoms with van der Waals surface area (Å²) < 4.78 is 24.3. The first-order valence-electron chi connectivity index (χ1n) is 7.48. The maximum Gasteiger partial charge on any atom is 0.315 e. The van der Waals surface area contributed by atoms with Crippen LogP contribution in [-0.2, 0) is 5.60 Å². The molecule has 130 valence electrons. The summed E-state index contributed by atoms with van der Waals surface area (Å²) in [6.07, 6.45) is 1.44. The Morgan fingerprint density at radius 2 is 2.17 bits per heavy atom. The lowest BCUT2D eigenvalue weighted by Gasteiger charge is -2.23.